The van der Waals surface area contributed by atoms with Crippen LogP contribution in [0, 0.1) is 0 Å². The number of fused-ring (bicyclic) bond motifs is 15. The highest BCUT2D eigenvalue weighted by molar-refractivity contribution is 6.73. The third kappa shape index (κ3) is 4.67. The van der Waals surface area contributed by atoms with Crippen LogP contribution in [-0.2, 0) is 16.2 Å². The normalized spacial score (nSPS) is 15.1. The minimum atomic E-state index is -0.159. The average molecular weight is 798 g/mol. The maximum Gasteiger partial charge on any atom is 0.197 e. The van der Waals surface area contributed by atoms with Gasteiger partial charge in [-0.2, -0.15) is 0 Å². The summed E-state index contributed by atoms with van der Waals surface area (Å²) in [5.74, 6) is 0. The Kier molecular flexibility index (Phi) is 6.94. The molecule has 4 heteroatoms. The van der Waals surface area contributed by atoms with Crippen LogP contribution in [0.25, 0.3) is 82.8 Å². The quantitative estimate of drug-likeness (QED) is 0.181. The number of benzene rings is 8. The fourth-order valence-corrected chi connectivity index (χ4v) is 11.5. The smallest absolute Gasteiger partial charge is 0.197 e. The molecule has 8 aromatic carbocycles. The third-order valence-electron chi connectivity index (χ3n) is 14.8. The van der Waals surface area contributed by atoms with Gasteiger partial charge in [-0.05, 0) is 115 Å². The van der Waals surface area contributed by atoms with Crippen LogP contribution in [0.1, 0.15) is 76.3 Å². The van der Waals surface area contributed by atoms with E-state index in [0.717, 1.165) is 44.2 Å². The minimum Gasteiger partial charge on any atom is -0.455 e. The number of anilines is 2. The van der Waals surface area contributed by atoms with Crippen LogP contribution in [0.4, 0.5) is 11.4 Å². The molecule has 1 radical (unpaired) electrons. The van der Waals surface area contributed by atoms with Gasteiger partial charge >= 0.3 is 0 Å². The van der Waals surface area contributed by atoms with Gasteiger partial charge in [-0.1, -0.05) is 151 Å². The molecule has 1 N–H and O–H groups in total. The third-order valence-corrected chi connectivity index (χ3v) is 14.8. The predicted octanol–water partition coefficient (Wildman–Crippen LogP) is 14.0. The molecule has 1 aliphatic heterocycles. The summed E-state index contributed by atoms with van der Waals surface area (Å²) < 4.78 is 9.37. The fourth-order valence-electron chi connectivity index (χ4n) is 11.5. The lowest BCUT2D eigenvalue weighted by Crippen LogP contribution is -2.38. The van der Waals surface area contributed by atoms with Crippen molar-refractivity contribution in [3.63, 3.8) is 0 Å². The van der Waals surface area contributed by atoms with Crippen molar-refractivity contribution in [1.82, 2.24) is 4.57 Å². The molecule has 0 saturated heterocycles. The maximum atomic E-state index is 6.83. The van der Waals surface area contributed by atoms with Gasteiger partial charge in [0.1, 0.15) is 11.2 Å². The largest absolute Gasteiger partial charge is 0.455 e. The Morgan fingerprint density at radius 1 is 0.548 bits per heavy atom. The highest BCUT2D eigenvalue weighted by Crippen LogP contribution is 2.53. The van der Waals surface area contributed by atoms with Crippen LogP contribution < -0.4 is 16.2 Å². The molecule has 2 aliphatic carbocycles. The molecule has 3 heterocycles. The highest BCUT2D eigenvalue weighted by atomic mass is 16.3. The Morgan fingerprint density at radius 2 is 1.19 bits per heavy atom. The molecule has 13 rings (SSSR count). The van der Waals surface area contributed by atoms with Crippen molar-refractivity contribution in [3.05, 3.63) is 173 Å². The van der Waals surface area contributed by atoms with Gasteiger partial charge in [0.05, 0.1) is 10.9 Å². The average Bonchev–Trinajstić information content (AvgIpc) is 3.95. The minimum absolute atomic E-state index is 0.0707. The molecule has 297 valence electrons. The molecule has 0 atom stereocenters. The molecule has 3 aliphatic rings. The van der Waals surface area contributed by atoms with E-state index >= 15 is 0 Å². The first-order valence-corrected chi connectivity index (χ1v) is 22.1. The van der Waals surface area contributed by atoms with E-state index in [9.17, 15) is 0 Å². The van der Waals surface area contributed by atoms with Gasteiger partial charge in [0.15, 0.2) is 7.28 Å². The van der Waals surface area contributed by atoms with E-state index in [2.05, 4.69) is 211 Å². The van der Waals surface area contributed by atoms with Gasteiger partial charge in [0.25, 0.3) is 0 Å². The molecular formula is C58H46BN2O. The van der Waals surface area contributed by atoms with Gasteiger partial charge in [-0.3, -0.25) is 0 Å². The molecule has 0 amide bonds. The molecule has 0 fully saturated rings. The molecule has 0 spiro atoms. The van der Waals surface area contributed by atoms with Gasteiger partial charge < -0.3 is 14.3 Å². The van der Waals surface area contributed by atoms with Gasteiger partial charge in [-0.25, -0.2) is 0 Å². The number of hydrogen-bond donors (Lipinski definition) is 1. The number of nitrogens with zero attached hydrogens (tertiary/aromatic N) is 1. The van der Waals surface area contributed by atoms with E-state index in [1.807, 2.05) is 0 Å². The van der Waals surface area contributed by atoms with Crippen molar-refractivity contribution in [1.29, 1.82) is 0 Å². The molecule has 0 unspecified atom stereocenters. The molecule has 0 saturated carbocycles. The number of para-hydroxylation sites is 1. The second kappa shape index (κ2) is 12.0. The van der Waals surface area contributed by atoms with Crippen molar-refractivity contribution in [3.8, 4) is 39.1 Å². The topological polar surface area (TPSA) is 30.1 Å². The summed E-state index contributed by atoms with van der Waals surface area (Å²) in [5, 5.41) is 8.63. The number of nitrogens with one attached hydrogen (secondary N) is 1. The molecule has 62 heavy (non-hydrogen) atoms. The zero-order valence-corrected chi connectivity index (χ0v) is 36.3. The summed E-state index contributed by atoms with van der Waals surface area (Å²) in [7, 11) is 2.48. The van der Waals surface area contributed by atoms with Gasteiger partial charge in [-0.15, -0.1) is 0 Å². The summed E-state index contributed by atoms with van der Waals surface area (Å²) in [4.78, 5) is 0. The summed E-state index contributed by atoms with van der Waals surface area (Å²) >= 11 is 0. The molecule has 2 aromatic heterocycles. The van der Waals surface area contributed by atoms with E-state index in [4.69, 9.17) is 4.42 Å². The summed E-state index contributed by atoms with van der Waals surface area (Å²) in [6.45, 7) is 16.3. The zero-order valence-electron chi connectivity index (χ0n) is 36.3. The zero-order chi connectivity index (χ0) is 42.0. The lowest BCUT2D eigenvalue weighted by Gasteiger charge is -2.28. The van der Waals surface area contributed by atoms with Crippen LogP contribution >= 0.6 is 0 Å². The standard InChI is InChI=1S/C58H46BN2O/c1-56(2,3)32-20-22-33(23-21-32)60-48-29-40-34-14-8-11-17-43(34)57(4,5)45(40)28-42(48)37-24-25-39-52-49(27-26-38-36-16-10-13-19-51(36)62-55(38)52)61-50-30-41-35-15-9-12-18-44(35)58(6,7)46(41)31-47(50)59-53(37)54(39)61/h8-31,60H,1-7H3. The summed E-state index contributed by atoms with van der Waals surface area (Å²) in [5.41, 5.74) is 24.3. The lowest BCUT2D eigenvalue weighted by molar-refractivity contribution is 0.590. The fraction of sp³-hybridized carbons (Fsp3) is 0.172. The Hall–Kier alpha value is -6.78. The van der Waals surface area contributed by atoms with Crippen molar-refractivity contribution in [2.75, 3.05) is 5.32 Å². The van der Waals surface area contributed by atoms with Crippen molar-refractivity contribution < 1.29 is 4.42 Å². The maximum absolute atomic E-state index is 6.83. The monoisotopic (exact) mass is 797 g/mol. The number of hydrogen-bond acceptors (Lipinski definition) is 2. The first kappa shape index (κ1) is 35.9. The predicted molar refractivity (Wildman–Crippen MR) is 262 cm³/mol. The molecule has 10 aromatic rings. The Morgan fingerprint density at radius 3 is 1.92 bits per heavy atom. The number of aromatic nitrogens is 1. The van der Waals surface area contributed by atoms with Crippen molar-refractivity contribution in [2.24, 2.45) is 0 Å². The summed E-state index contributed by atoms with van der Waals surface area (Å²) in [6.07, 6.45) is 0. The van der Waals surface area contributed by atoms with E-state index in [-0.39, 0.29) is 16.2 Å². The highest BCUT2D eigenvalue weighted by Gasteiger charge is 2.39. The molecular weight excluding hydrogens is 751 g/mol. The Bertz CT molecular complexity index is 3610. The van der Waals surface area contributed by atoms with Crippen LogP contribution in [0.3, 0.4) is 0 Å². The van der Waals surface area contributed by atoms with E-state index in [0.29, 0.717) is 0 Å². The first-order valence-electron chi connectivity index (χ1n) is 22.1. The van der Waals surface area contributed by atoms with Crippen LogP contribution in [0.2, 0.25) is 0 Å². The summed E-state index contributed by atoms with van der Waals surface area (Å²) in [6, 6.07) is 54.6. The Balaban J connectivity index is 1.11. The van der Waals surface area contributed by atoms with Crippen LogP contribution in [0.15, 0.2) is 150 Å². The molecule has 0 bridgehead atoms. The van der Waals surface area contributed by atoms with Crippen molar-refractivity contribution >= 4 is 73.3 Å². The van der Waals surface area contributed by atoms with E-state index < -0.39 is 0 Å². The van der Waals surface area contributed by atoms with Gasteiger partial charge in [0.2, 0.25) is 0 Å². The lowest BCUT2D eigenvalue weighted by atomic mass is 9.58. The van der Waals surface area contributed by atoms with Crippen LogP contribution in [-0.4, -0.2) is 11.8 Å². The second-order valence-corrected chi connectivity index (χ2v) is 20.0. The second-order valence-electron chi connectivity index (χ2n) is 20.0. The molecule has 3 nitrogen and oxygen atoms in total. The number of furan rings is 1. The van der Waals surface area contributed by atoms with E-state index in [1.54, 1.807) is 0 Å². The SMILES string of the molecule is CC(C)(C)c1ccc(Nc2cc3c(cc2-c2ccc4c5c6oc7ccccc7c6ccc5n5c4c2[B]c2cc4c(cc2-5)-c2ccccc2C4(C)C)C(C)(C)c2ccccc2-3)cc1. The first-order chi connectivity index (χ1) is 29.9. The van der Waals surface area contributed by atoms with Gasteiger partial charge in [0, 0.05) is 55.1 Å². The number of rotatable bonds is 3. The van der Waals surface area contributed by atoms with E-state index in [1.165, 1.54) is 88.7 Å². The van der Waals surface area contributed by atoms with Crippen LogP contribution in [0.5, 0.6) is 0 Å². The van der Waals surface area contributed by atoms with Crippen molar-refractivity contribution in [2.45, 2.75) is 64.7 Å². The Labute approximate surface area is 363 Å².